The summed E-state index contributed by atoms with van der Waals surface area (Å²) in [6.07, 6.45) is 1.67. The van der Waals surface area contributed by atoms with Gasteiger partial charge < -0.3 is 4.57 Å². The normalized spacial score (nSPS) is 9.43. The van der Waals surface area contributed by atoms with Gasteiger partial charge in [-0.3, -0.25) is 0 Å². The Kier molecular flexibility index (Phi) is 1.27. The Balaban J connectivity index is 3.12. The van der Waals surface area contributed by atoms with Crippen LogP contribution in [0, 0.1) is 3.83 Å². The molecule has 0 bridgehead atoms. The number of aryl methyl sites for hydroxylation is 1. The Labute approximate surface area is 54.9 Å². The first-order valence-electron chi connectivity index (χ1n) is 1.80. The average Bonchev–Trinajstić information content (AvgIpc) is 1.91. The van der Waals surface area contributed by atoms with Gasteiger partial charge in [0.2, 0.25) is 0 Å². The summed E-state index contributed by atoms with van der Waals surface area (Å²) in [5.74, 6) is 0. The van der Waals surface area contributed by atoms with Gasteiger partial charge in [-0.2, -0.15) is 0 Å². The molecule has 0 atom stereocenters. The first-order valence-corrected chi connectivity index (χ1v) is 2.88. The molecule has 0 radical (unpaired) electrons. The maximum Gasteiger partial charge on any atom is 0.193 e. The first kappa shape index (κ1) is 5.02. The zero-order valence-corrected chi connectivity index (χ0v) is 5.95. The van der Waals surface area contributed by atoms with E-state index >= 15 is 0 Å². The summed E-state index contributed by atoms with van der Waals surface area (Å²) in [5.41, 5.74) is 0. The molecule has 0 aliphatic heterocycles. The van der Waals surface area contributed by atoms with E-state index in [-0.39, 0.29) is 0 Å². The second kappa shape index (κ2) is 1.77. The van der Waals surface area contributed by atoms with Crippen LogP contribution >= 0.6 is 22.6 Å². The molecule has 7 heavy (non-hydrogen) atoms. The van der Waals surface area contributed by atoms with Gasteiger partial charge >= 0.3 is 0 Å². The van der Waals surface area contributed by atoms with Crippen LogP contribution in [0.15, 0.2) is 6.33 Å². The van der Waals surface area contributed by atoms with Crippen molar-refractivity contribution in [1.29, 1.82) is 0 Å². The summed E-state index contributed by atoms with van der Waals surface area (Å²) in [6.45, 7) is 0. The van der Waals surface area contributed by atoms with E-state index in [0.717, 1.165) is 3.83 Å². The van der Waals surface area contributed by atoms with E-state index in [1.54, 1.807) is 6.33 Å². The van der Waals surface area contributed by atoms with Crippen molar-refractivity contribution in [2.24, 2.45) is 7.05 Å². The van der Waals surface area contributed by atoms with Gasteiger partial charge in [-0.05, 0) is 0 Å². The fourth-order valence-electron chi connectivity index (χ4n) is 0.269. The predicted molar refractivity (Wildman–Crippen MR) is 33.7 cm³/mol. The fraction of sp³-hybridized carbons (Fsp3) is 0.333. The van der Waals surface area contributed by atoms with Gasteiger partial charge in [-0.1, -0.05) is 0 Å². The predicted octanol–water partition coefficient (Wildman–Crippen LogP) is 0.420. The standard InChI is InChI=1S/C3H4IN3/c1-7-2-5-6-3(7)4/h2H,1H3. The van der Waals surface area contributed by atoms with Gasteiger partial charge in [0.1, 0.15) is 6.33 Å². The van der Waals surface area contributed by atoms with E-state index in [1.165, 1.54) is 0 Å². The van der Waals surface area contributed by atoms with Crippen molar-refractivity contribution in [2.75, 3.05) is 0 Å². The van der Waals surface area contributed by atoms with Crippen molar-refractivity contribution in [3.63, 3.8) is 0 Å². The summed E-state index contributed by atoms with van der Waals surface area (Å²) in [6, 6.07) is 0. The molecule has 0 saturated carbocycles. The lowest BCUT2D eigenvalue weighted by atomic mass is 11.1. The van der Waals surface area contributed by atoms with Gasteiger partial charge in [0, 0.05) is 29.6 Å². The van der Waals surface area contributed by atoms with Crippen molar-refractivity contribution < 1.29 is 0 Å². The third-order valence-electron chi connectivity index (χ3n) is 0.656. The third kappa shape index (κ3) is 0.902. The van der Waals surface area contributed by atoms with Gasteiger partial charge in [0.25, 0.3) is 0 Å². The lowest BCUT2D eigenvalue weighted by molar-refractivity contribution is 0.877. The summed E-state index contributed by atoms with van der Waals surface area (Å²) < 4.78 is 2.76. The molecule has 0 aliphatic carbocycles. The van der Waals surface area contributed by atoms with Crippen molar-refractivity contribution in [1.82, 2.24) is 14.8 Å². The van der Waals surface area contributed by atoms with E-state index in [2.05, 4.69) is 32.8 Å². The molecule has 0 aromatic carbocycles. The molecule has 1 heterocycles. The largest absolute Gasteiger partial charge is 0.312 e. The van der Waals surface area contributed by atoms with Crippen LogP contribution in [0.5, 0.6) is 0 Å². The van der Waals surface area contributed by atoms with E-state index in [9.17, 15) is 0 Å². The lowest BCUT2D eigenvalue weighted by Crippen LogP contribution is -1.86. The van der Waals surface area contributed by atoms with Crippen LogP contribution in [0.3, 0.4) is 0 Å². The zero-order valence-electron chi connectivity index (χ0n) is 3.80. The van der Waals surface area contributed by atoms with E-state index in [0.29, 0.717) is 0 Å². The summed E-state index contributed by atoms with van der Waals surface area (Å²) in [7, 11) is 1.90. The maximum atomic E-state index is 3.72. The van der Waals surface area contributed by atoms with Crippen molar-refractivity contribution >= 4 is 22.6 Å². The fourth-order valence-corrected chi connectivity index (χ4v) is 0.518. The Morgan fingerprint density at radius 2 is 2.57 bits per heavy atom. The highest BCUT2D eigenvalue weighted by molar-refractivity contribution is 14.1. The van der Waals surface area contributed by atoms with Crippen LogP contribution in [0.2, 0.25) is 0 Å². The highest BCUT2D eigenvalue weighted by Crippen LogP contribution is 1.93. The lowest BCUT2D eigenvalue weighted by Gasteiger charge is -1.82. The van der Waals surface area contributed by atoms with E-state index in [4.69, 9.17) is 0 Å². The van der Waals surface area contributed by atoms with Gasteiger partial charge in [0.15, 0.2) is 3.83 Å². The van der Waals surface area contributed by atoms with Crippen molar-refractivity contribution in [3.05, 3.63) is 10.2 Å². The average molecular weight is 209 g/mol. The highest BCUT2D eigenvalue weighted by atomic mass is 127. The molecule has 1 rings (SSSR count). The number of halogens is 1. The quantitative estimate of drug-likeness (QED) is 0.579. The Morgan fingerprint density at radius 3 is 2.71 bits per heavy atom. The van der Waals surface area contributed by atoms with Crippen LogP contribution in [0.4, 0.5) is 0 Å². The van der Waals surface area contributed by atoms with Gasteiger partial charge in [-0.15, -0.1) is 10.2 Å². The van der Waals surface area contributed by atoms with Crippen molar-refractivity contribution in [3.8, 4) is 0 Å². The smallest absolute Gasteiger partial charge is 0.193 e. The first-order chi connectivity index (χ1) is 3.30. The molecule has 1 aromatic heterocycles. The van der Waals surface area contributed by atoms with Crippen LogP contribution in [0.25, 0.3) is 0 Å². The molecule has 0 amide bonds. The Bertz CT molecular complexity index is 142. The molecule has 1 aromatic rings. The summed E-state index contributed by atoms with van der Waals surface area (Å²) in [5, 5.41) is 7.34. The Hall–Kier alpha value is -0.130. The molecule has 38 valence electrons. The molecular formula is C3H4IN3. The van der Waals surface area contributed by atoms with Crippen LogP contribution < -0.4 is 0 Å². The molecule has 0 spiro atoms. The number of hydrogen-bond acceptors (Lipinski definition) is 2. The van der Waals surface area contributed by atoms with Gasteiger partial charge in [-0.25, -0.2) is 0 Å². The topological polar surface area (TPSA) is 30.7 Å². The number of hydrogen-bond donors (Lipinski definition) is 0. The molecule has 0 fully saturated rings. The van der Waals surface area contributed by atoms with Gasteiger partial charge in [0.05, 0.1) is 0 Å². The summed E-state index contributed by atoms with van der Waals surface area (Å²) >= 11 is 2.11. The SMILES string of the molecule is Cn1cnnc1I. The minimum Gasteiger partial charge on any atom is -0.312 e. The van der Waals surface area contributed by atoms with Crippen molar-refractivity contribution in [2.45, 2.75) is 0 Å². The van der Waals surface area contributed by atoms with E-state index in [1.807, 2.05) is 11.6 Å². The molecular weight excluding hydrogens is 205 g/mol. The minimum absolute atomic E-state index is 0.914. The maximum absolute atomic E-state index is 3.72. The molecule has 0 unspecified atom stereocenters. The van der Waals surface area contributed by atoms with Crippen LogP contribution in [0.1, 0.15) is 0 Å². The summed E-state index contributed by atoms with van der Waals surface area (Å²) in [4.78, 5) is 0. The number of nitrogens with zero attached hydrogens (tertiary/aromatic N) is 3. The molecule has 0 aliphatic rings. The molecule has 0 N–H and O–H groups in total. The second-order valence-electron chi connectivity index (χ2n) is 1.21. The highest BCUT2D eigenvalue weighted by Gasteiger charge is 1.88. The second-order valence-corrected chi connectivity index (χ2v) is 2.18. The monoisotopic (exact) mass is 209 g/mol. The van der Waals surface area contributed by atoms with Crippen LogP contribution in [-0.2, 0) is 7.05 Å². The Morgan fingerprint density at radius 1 is 1.86 bits per heavy atom. The van der Waals surface area contributed by atoms with E-state index < -0.39 is 0 Å². The molecule has 4 heteroatoms. The van der Waals surface area contributed by atoms with Crippen LogP contribution in [-0.4, -0.2) is 14.8 Å². The number of rotatable bonds is 0. The molecule has 0 saturated heterocycles. The molecule has 3 nitrogen and oxygen atoms in total. The minimum atomic E-state index is 0.914. The number of aromatic nitrogens is 3. The third-order valence-corrected chi connectivity index (χ3v) is 1.63. The zero-order chi connectivity index (χ0) is 5.28.